The van der Waals surface area contributed by atoms with Gasteiger partial charge in [-0.2, -0.15) is 23.3 Å². The average molecular weight is 566 g/mol. The predicted octanol–water partition coefficient (Wildman–Crippen LogP) is 4.00. The Morgan fingerprint density at radius 3 is 2.35 bits per heavy atom. The van der Waals surface area contributed by atoms with Gasteiger partial charge >= 0.3 is 12.1 Å². The molecule has 2 aromatic rings. The fourth-order valence-electron chi connectivity index (χ4n) is 4.79. The van der Waals surface area contributed by atoms with Gasteiger partial charge in [-0.3, -0.25) is 9.48 Å². The molecule has 3 N–H and O–H groups in total. The molecule has 5 rings (SSSR count). The Balaban J connectivity index is 0.000000470. The number of carboxylic acids is 1. The van der Waals surface area contributed by atoms with Crippen LogP contribution in [0.3, 0.4) is 0 Å². The van der Waals surface area contributed by atoms with E-state index in [-0.39, 0.29) is 22.8 Å². The second kappa shape index (κ2) is 10.9. The van der Waals surface area contributed by atoms with Crippen LogP contribution in [0.15, 0.2) is 12.4 Å². The SMILES string of the molecule is CC1(C)CCCc2c(N3CC(C(=O)NC4CC4)C3)nc(NCc3cnn(C(C)(C)C)c3)nc21.O=C(O)C(F)(F)F. The number of halogens is 3. The highest BCUT2D eigenvalue weighted by molar-refractivity contribution is 5.82. The summed E-state index contributed by atoms with van der Waals surface area (Å²) in [6.45, 7) is 13.1. The summed E-state index contributed by atoms with van der Waals surface area (Å²) in [4.78, 5) is 33.6. The second-order valence-electron chi connectivity index (χ2n) is 12.4. The molecule has 2 aliphatic carbocycles. The van der Waals surface area contributed by atoms with Gasteiger partial charge in [0.15, 0.2) is 0 Å². The number of hydrogen-bond acceptors (Lipinski definition) is 7. The van der Waals surface area contributed by atoms with Crippen LogP contribution < -0.4 is 15.5 Å². The molecule has 0 unspecified atom stereocenters. The van der Waals surface area contributed by atoms with Crippen LogP contribution in [0.5, 0.6) is 0 Å². The molecule has 40 heavy (non-hydrogen) atoms. The molecule has 13 heteroatoms. The molecule has 3 heterocycles. The van der Waals surface area contributed by atoms with Gasteiger partial charge in [0, 0.05) is 48.4 Å². The van der Waals surface area contributed by atoms with E-state index in [2.05, 4.69) is 61.4 Å². The standard InChI is InChI=1S/C25H37N7O.C2HF3O2/c1-24(2,3)32-13-16(12-27-32)11-26-23-29-20-19(7-6-10-25(20,4)5)21(30-23)31-14-17(15-31)22(33)28-18-8-9-18;3-2(4,5)1(6)7/h12-13,17-18H,6-11,14-15H2,1-5H3,(H,28,33)(H,26,29,30);(H,6,7). The summed E-state index contributed by atoms with van der Waals surface area (Å²) in [5, 5.41) is 18.2. The molecule has 1 amide bonds. The smallest absolute Gasteiger partial charge is 0.475 e. The van der Waals surface area contributed by atoms with Gasteiger partial charge in [0.05, 0.1) is 23.3 Å². The Morgan fingerprint density at radius 2 is 1.80 bits per heavy atom. The van der Waals surface area contributed by atoms with E-state index in [1.54, 1.807) is 0 Å². The largest absolute Gasteiger partial charge is 0.490 e. The normalized spacial score (nSPS) is 18.6. The number of alkyl halides is 3. The van der Waals surface area contributed by atoms with Gasteiger partial charge in [-0.15, -0.1) is 0 Å². The first-order valence-corrected chi connectivity index (χ1v) is 13.6. The Morgan fingerprint density at radius 1 is 1.15 bits per heavy atom. The molecule has 1 aliphatic heterocycles. The van der Waals surface area contributed by atoms with Crippen molar-refractivity contribution in [3.05, 3.63) is 29.2 Å². The summed E-state index contributed by atoms with van der Waals surface area (Å²) >= 11 is 0. The van der Waals surface area contributed by atoms with E-state index < -0.39 is 12.1 Å². The Hall–Kier alpha value is -3.38. The van der Waals surface area contributed by atoms with Crippen LogP contribution in [0.4, 0.5) is 24.9 Å². The predicted molar refractivity (Wildman–Crippen MR) is 143 cm³/mol. The van der Waals surface area contributed by atoms with Crippen molar-refractivity contribution in [1.82, 2.24) is 25.1 Å². The number of amides is 1. The molecule has 0 aromatic carbocycles. The van der Waals surface area contributed by atoms with E-state index in [1.165, 1.54) is 5.56 Å². The summed E-state index contributed by atoms with van der Waals surface area (Å²) in [6.07, 6.45) is 4.42. The van der Waals surface area contributed by atoms with Crippen molar-refractivity contribution in [3.8, 4) is 0 Å². The third-order valence-corrected chi connectivity index (χ3v) is 7.35. The lowest BCUT2D eigenvalue weighted by Gasteiger charge is -2.42. The van der Waals surface area contributed by atoms with Crippen molar-refractivity contribution in [2.75, 3.05) is 23.3 Å². The number of anilines is 2. The van der Waals surface area contributed by atoms with Crippen molar-refractivity contribution in [2.24, 2.45) is 5.92 Å². The number of aromatic nitrogens is 4. The minimum Gasteiger partial charge on any atom is -0.475 e. The molecule has 2 aromatic heterocycles. The van der Waals surface area contributed by atoms with E-state index >= 15 is 0 Å². The highest BCUT2D eigenvalue weighted by Crippen LogP contribution is 2.41. The van der Waals surface area contributed by atoms with E-state index in [0.29, 0.717) is 18.5 Å². The van der Waals surface area contributed by atoms with Crippen molar-refractivity contribution < 1.29 is 27.9 Å². The third-order valence-electron chi connectivity index (χ3n) is 7.35. The number of carbonyl (C=O) groups excluding carboxylic acids is 1. The number of fused-ring (bicyclic) bond motifs is 1. The van der Waals surface area contributed by atoms with Crippen molar-refractivity contribution in [1.29, 1.82) is 0 Å². The Labute approximate surface area is 231 Å². The maximum atomic E-state index is 12.5. The fraction of sp³-hybridized carbons (Fsp3) is 0.667. The summed E-state index contributed by atoms with van der Waals surface area (Å²) < 4.78 is 33.7. The molecule has 0 spiro atoms. The summed E-state index contributed by atoms with van der Waals surface area (Å²) in [7, 11) is 0. The molecule has 0 radical (unpaired) electrons. The van der Waals surface area contributed by atoms with Crippen molar-refractivity contribution in [3.63, 3.8) is 0 Å². The van der Waals surface area contributed by atoms with E-state index in [4.69, 9.17) is 19.9 Å². The van der Waals surface area contributed by atoms with Crippen LogP contribution in [-0.4, -0.2) is 62.0 Å². The van der Waals surface area contributed by atoms with E-state index in [0.717, 1.165) is 62.3 Å². The lowest BCUT2D eigenvalue weighted by molar-refractivity contribution is -0.192. The summed E-state index contributed by atoms with van der Waals surface area (Å²) in [5.41, 5.74) is 3.49. The van der Waals surface area contributed by atoms with Gasteiger partial charge in [-0.1, -0.05) is 13.8 Å². The molecule has 10 nitrogen and oxygen atoms in total. The number of carboxylic acid groups (broad SMARTS) is 1. The van der Waals surface area contributed by atoms with Gasteiger partial charge in [0.25, 0.3) is 0 Å². The first-order valence-electron chi connectivity index (χ1n) is 13.6. The molecular weight excluding hydrogens is 527 g/mol. The van der Waals surface area contributed by atoms with Crippen LogP contribution in [0.25, 0.3) is 0 Å². The number of aliphatic carboxylic acids is 1. The van der Waals surface area contributed by atoms with Crippen LogP contribution in [0.1, 0.15) is 77.1 Å². The quantitative estimate of drug-likeness (QED) is 0.480. The zero-order chi connectivity index (χ0) is 29.5. The van der Waals surface area contributed by atoms with Gasteiger partial charge in [-0.05, 0) is 52.9 Å². The van der Waals surface area contributed by atoms with E-state index in [1.807, 2.05) is 10.9 Å². The van der Waals surface area contributed by atoms with Crippen LogP contribution in [0, 0.1) is 5.92 Å². The summed E-state index contributed by atoms with van der Waals surface area (Å²) in [6, 6.07) is 0.414. The van der Waals surface area contributed by atoms with Crippen molar-refractivity contribution in [2.45, 2.75) is 96.4 Å². The molecule has 1 saturated carbocycles. The monoisotopic (exact) mass is 565 g/mol. The topological polar surface area (TPSA) is 125 Å². The number of nitrogens with one attached hydrogen (secondary N) is 2. The molecule has 2 fully saturated rings. The number of hydrogen-bond donors (Lipinski definition) is 3. The average Bonchev–Trinajstić information content (AvgIpc) is 3.47. The van der Waals surface area contributed by atoms with Gasteiger partial charge in [-0.25, -0.2) is 9.78 Å². The highest BCUT2D eigenvalue weighted by atomic mass is 19.4. The molecule has 0 atom stereocenters. The first-order chi connectivity index (χ1) is 18.5. The Kier molecular flexibility index (Phi) is 8.06. The van der Waals surface area contributed by atoms with Gasteiger partial charge in [0.1, 0.15) is 5.82 Å². The lowest BCUT2D eigenvalue weighted by atomic mass is 9.76. The van der Waals surface area contributed by atoms with Crippen molar-refractivity contribution >= 4 is 23.6 Å². The zero-order valence-corrected chi connectivity index (χ0v) is 23.6. The fourth-order valence-corrected chi connectivity index (χ4v) is 4.79. The van der Waals surface area contributed by atoms with Crippen LogP contribution in [-0.2, 0) is 33.5 Å². The second-order valence-corrected chi connectivity index (χ2v) is 12.4. The molecule has 0 bridgehead atoms. The first kappa shape index (κ1) is 29.6. The molecule has 1 saturated heterocycles. The third kappa shape index (κ3) is 7.03. The van der Waals surface area contributed by atoms with E-state index in [9.17, 15) is 18.0 Å². The molecule has 220 valence electrons. The summed E-state index contributed by atoms with van der Waals surface area (Å²) in [5.74, 6) is -0.824. The zero-order valence-electron chi connectivity index (χ0n) is 23.6. The number of nitrogens with zero attached hydrogens (tertiary/aromatic N) is 5. The van der Waals surface area contributed by atoms with Crippen LogP contribution in [0.2, 0.25) is 0 Å². The molecule has 3 aliphatic rings. The highest BCUT2D eigenvalue weighted by Gasteiger charge is 2.40. The van der Waals surface area contributed by atoms with Gasteiger partial charge in [0.2, 0.25) is 11.9 Å². The maximum absolute atomic E-state index is 12.5. The Bertz CT molecular complexity index is 1240. The minimum absolute atomic E-state index is 0.0203. The minimum atomic E-state index is -5.08. The number of rotatable bonds is 6. The maximum Gasteiger partial charge on any atom is 0.490 e. The number of carbonyl (C=O) groups is 2. The molecular formula is C27H38F3N7O3. The van der Waals surface area contributed by atoms with Gasteiger partial charge < -0.3 is 20.6 Å². The lowest BCUT2D eigenvalue weighted by Crippen LogP contribution is -2.55. The van der Waals surface area contributed by atoms with Crippen LogP contribution >= 0.6 is 0 Å².